The topological polar surface area (TPSA) is 86.9 Å². The van der Waals surface area contributed by atoms with E-state index >= 15 is 0 Å². The van der Waals surface area contributed by atoms with Crippen LogP contribution < -0.4 is 11.5 Å². The molecule has 0 aliphatic rings. The first kappa shape index (κ1) is 10.7. The summed E-state index contributed by atoms with van der Waals surface area (Å²) in [6.07, 6.45) is 3.38. The Labute approximate surface area is 100 Å². The van der Waals surface area contributed by atoms with Crippen molar-refractivity contribution in [3.05, 3.63) is 40.6 Å². The smallest absolute Gasteiger partial charge is 0.250 e. The van der Waals surface area contributed by atoms with Crippen LogP contribution in [0.25, 0.3) is 5.69 Å². The van der Waals surface area contributed by atoms with E-state index in [0.717, 1.165) is 4.47 Å². The maximum atomic E-state index is 11.1. The molecule has 1 aromatic heterocycles. The van der Waals surface area contributed by atoms with Crippen LogP contribution in [0.4, 0.5) is 5.69 Å². The third kappa shape index (κ3) is 1.79. The number of nitrogens with zero attached hydrogens (tertiary/aromatic N) is 2. The third-order valence-corrected chi connectivity index (χ3v) is 2.56. The predicted octanol–water partition coefficient (Wildman–Crippen LogP) is 1.32. The molecule has 2 aromatic rings. The van der Waals surface area contributed by atoms with Crippen molar-refractivity contribution in [3.8, 4) is 5.69 Å². The summed E-state index contributed by atoms with van der Waals surface area (Å²) in [5, 5.41) is 4.08. The van der Waals surface area contributed by atoms with Gasteiger partial charge in [-0.2, -0.15) is 5.10 Å². The van der Waals surface area contributed by atoms with Gasteiger partial charge < -0.3 is 11.5 Å². The Bertz CT molecular complexity index is 550. The van der Waals surface area contributed by atoms with Crippen LogP contribution >= 0.6 is 15.9 Å². The summed E-state index contributed by atoms with van der Waals surface area (Å²) in [5.41, 5.74) is 12.3. The number of carbonyl (C=O) groups excluding carboxylic acids is 1. The number of aromatic nitrogens is 2. The fraction of sp³-hybridized carbons (Fsp3) is 0. The second kappa shape index (κ2) is 3.97. The lowest BCUT2D eigenvalue weighted by molar-refractivity contribution is 0.100. The number of amides is 1. The van der Waals surface area contributed by atoms with Crippen LogP contribution in [0.5, 0.6) is 0 Å². The third-order valence-electron chi connectivity index (χ3n) is 2.15. The minimum atomic E-state index is -0.550. The fourth-order valence-electron chi connectivity index (χ4n) is 1.40. The number of halogens is 1. The summed E-state index contributed by atoms with van der Waals surface area (Å²) in [6, 6.07) is 5.06. The van der Waals surface area contributed by atoms with E-state index in [1.807, 2.05) is 0 Å². The van der Waals surface area contributed by atoms with Crippen molar-refractivity contribution in [2.45, 2.75) is 0 Å². The molecule has 1 heterocycles. The highest BCUT2D eigenvalue weighted by molar-refractivity contribution is 9.10. The summed E-state index contributed by atoms with van der Waals surface area (Å²) in [6.45, 7) is 0. The van der Waals surface area contributed by atoms with Crippen LogP contribution in [-0.4, -0.2) is 15.7 Å². The first-order valence-corrected chi connectivity index (χ1v) is 5.27. The van der Waals surface area contributed by atoms with Crippen LogP contribution in [0.3, 0.4) is 0 Å². The SMILES string of the molecule is NC(=O)c1cccc(-n2cc(Br)cn2)c1N. The van der Waals surface area contributed by atoms with Crippen molar-refractivity contribution < 1.29 is 4.79 Å². The number of carbonyl (C=O) groups is 1. The number of benzene rings is 1. The molecule has 6 heteroatoms. The molecule has 0 radical (unpaired) electrons. The fourth-order valence-corrected chi connectivity index (χ4v) is 1.69. The van der Waals surface area contributed by atoms with Gasteiger partial charge in [0, 0.05) is 6.20 Å². The first-order valence-electron chi connectivity index (χ1n) is 4.48. The monoisotopic (exact) mass is 280 g/mol. The summed E-state index contributed by atoms with van der Waals surface area (Å²) in [4.78, 5) is 11.1. The molecule has 5 nitrogen and oxygen atoms in total. The number of primary amides is 1. The molecular weight excluding hydrogens is 272 g/mol. The average molecular weight is 281 g/mol. The van der Waals surface area contributed by atoms with Crippen molar-refractivity contribution in [1.29, 1.82) is 0 Å². The van der Waals surface area contributed by atoms with Gasteiger partial charge in [-0.15, -0.1) is 0 Å². The minimum Gasteiger partial charge on any atom is -0.396 e. The number of para-hydroxylation sites is 1. The van der Waals surface area contributed by atoms with E-state index in [0.29, 0.717) is 16.9 Å². The molecule has 16 heavy (non-hydrogen) atoms. The summed E-state index contributed by atoms with van der Waals surface area (Å²) in [5.74, 6) is -0.550. The Morgan fingerprint density at radius 2 is 2.19 bits per heavy atom. The lowest BCUT2D eigenvalue weighted by Gasteiger charge is -2.08. The zero-order valence-corrected chi connectivity index (χ0v) is 9.81. The molecule has 0 saturated carbocycles. The van der Waals surface area contributed by atoms with Crippen LogP contribution in [0.2, 0.25) is 0 Å². The Morgan fingerprint density at radius 3 is 2.75 bits per heavy atom. The van der Waals surface area contributed by atoms with Gasteiger partial charge in [0.1, 0.15) is 0 Å². The quantitative estimate of drug-likeness (QED) is 0.814. The number of anilines is 1. The van der Waals surface area contributed by atoms with Gasteiger partial charge in [0.25, 0.3) is 5.91 Å². The van der Waals surface area contributed by atoms with E-state index < -0.39 is 5.91 Å². The molecule has 1 amide bonds. The van der Waals surface area contributed by atoms with Crippen molar-refractivity contribution in [2.75, 3.05) is 5.73 Å². The van der Waals surface area contributed by atoms with Crippen LogP contribution in [0.1, 0.15) is 10.4 Å². The molecule has 0 spiro atoms. The molecule has 0 bridgehead atoms. The Balaban J connectivity index is 2.58. The summed E-state index contributed by atoms with van der Waals surface area (Å²) in [7, 11) is 0. The number of rotatable bonds is 2. The molecule has 1 aromatic carbocycles. The molecule has 2 rings (SSSR count). The standard InChI is InChI=1S/C10H9BrN4O/c11-6-4-14-15(5-6)8-3-1-2-7(9(8)12)10(13)16/h1-5H,12H2,(H2,13,16). The average Bonchev–Trinajstić information content (AvgIpc) is 2.64. The van der Waals surface area contributed by atoms with Crippen LogP contribution in [0.15, 0.2) is 35.1 Å². The van der Waals surface area contributed by atoms with Gasteiger partial charge in [0.15, 0.2) is 0 Å². The number of hydrogen-bond donors (Lipinski definition) is 2. The normalized spacial score (nSPS) is 10.3. The van der Waals surface area contributed by atoms with Crippen molar-refractivity contribution in [3.63, 3.8) is 0 Å². The van der Waals surface area contributed by atoms with Gasteiger partial charge in [-0.1, -0.05) is 6.07 Å². The lowest BCUT2D eigenvalue weighted by Crippen LogP contribution is -2.15. The maximum absolute atomic E-state index is 11.1. The Morgan fingerprint density at radius 1 is 1.44 bits per heavy atom. The van der Waals surface area contributed by atoms with Gasteiger partial charge in [-0.05, 0) is 28.1 Å². The Kier molecular flexibility index (Phi) is 2.66. The second-order valence-electron chi connectivity index (χ2n) is 3.21. The van der Waals surface area contributed by atoms with E-state index in [1.54, 1.807) is 35.3 Å². The van der Waals surface area contributed by atoms with Gasteiger partial charge >= 0.3 is 0 Å². The van der Waals surface area contributed by atoms with E-state index in [-0.39, 0.29) is 0 Å². The largest absolute Gasteiger partial charge is 0.396 e. The molecular formula is C10H9BrN4O. The molecule has 0 fully saturated rings. The van der Waals surface area contributed by atoms with Crippen molar-refractivity contribution in [1.82, 2.24) is 9.78 Å². The number of nitrogens with two attached hydrogens (primary N) is 2. The molecule has 0 aliphatic heterocycles. The van der Waals surface area contributed by atoms with Crippen LogP contribution in [-0.2, 0) is 0 Å². The van der Waals surface area contributed by atoms with Crippen LogP contribution in [0, 0.1) is 0 Å². The molecule has 0 aliphatic carbocycles. The predicted molar refractivity (Wildman–Crippen MR) is 64.2 cm³/mol. The number of nitrogen functional groups attached to an aromatic ring is 1. The van der Waals surface area contributed by atoms with E-state index in [4.69, 9.17) is 11.5 Å². The highest BCUT2D eigenvalue weighted by Gasteiger charge is 2.11. The molecule has 4 N–H and O–H groups in total. The summed E-state index contributed by atoms with van der Waals surface area (Å²) >= 11 is 3.29. The minimum absolute atomic E-state index is 0.295. The lowest BCUT2D eigenvalue weighted by atomic mass is 10.1. The van der Waals surface area contributed by atoms with Crippen molar-refractivity contribution >= 4 is 27.5 Å². The van der Waals surface area contributed by atoms with Crippen molar-refractivity contribution in [2.24, 2.45) is 5.73 Å². The Hall–Kier alpha value is -1.82. The van der Waals surface area contributed by atoms with Gasteiger partial charge in [-0.25, -0.2) is 4.68 Å². The second-order valence-corrected chi connectivity index (χ2v) is 4.12. The zero-order valence-electron chi connectivity index (χ0n) is 8.22. The molecule has 0 unspecified atom stereocenters. The maximum Gasteiger partial charge on any atom is 0.250 e. The number of hydrogen-bond acceptors (Lipinski definition) is 3. The first-order chi connectivity index (χ1) is 7.59. The highest BCUT2D eigenvalue weighted by atomic mass is 79.9. The molecule has 0 atom stereocenters. The summed E-state index contributed by atoms with van der Waals surface area (Å²) < 4.78 is 2.41. The molecule has 0 saturated heterocycles. The highest BCUT2D eigenvalue weighted by Crippen LogP contribution is 2.22. The zero-order chi connectivity index (χ0) is 11.7. The van der Waals surface area contributed by atoms with Gasteiger partial charge in [-0.3, -0.25) is 4.79 Å². The molecule has 82 valence electrons. The van der Waals surface area contributed by atoms with Gasteiger partial charge in [0.2, 0.25) is 0 Å². The van der Waals surface area contributed by atoms with E-state index in [2.05, 4.69) is 21.0 Å². The van der Waals surface area contributed by atoms with E-state index in [9.17, 15) is 4.79 Å². The van der Waals surface area contributed by atoms with E-state index in [1.165, 1.54) is 0 Å². The van der Waals surface area contributed by atoms with Gasteiger partial charge in [0.05, 0.1) is 27.6 Å².